The summed E-state index contributed by atoms with van der Waals surface area (Å²) in [5.74, 6) is 5.55. The van der Waals surface area contributed by atoms with Crippen LogP contribution >= 0.6 is 15.9 Å². The third-order valence-corrected chi connectivity index (χ3v) is 4.84. The number of piperazine rings is 3. The minimum atomic E-state index is -0.209. The number of fused-ring (bicyclic) bond motifs is 3. The van der Waals surface area contributed by atoms with Crippen molar-refractivity contribution in [2.24, 2.45) is 5.84 Å². The van der Waals surface area contributed by atoms with Gasteiger partial charge in [-0.15, -0.1) is 0 Å². The quantitative estimate of drug-likeness (QED) is 0.632. The first-order chi connectivity index (χ1) is 9.65. The molecule has 0 saturated carbocycles. The zero-order chi connectivity index (χ0) is 14.1. The number of nitrogens with zero attached hydrogens (tertiary/aromatic N) is 2. The van der Waals surface area contributed by atoms with Crippen LogP contribution in [0, 0.1) is 5.82 Å². The summed E-state index contributed by atoms with van der Waals surface area (Å²) in [6.07, 6.45) is 0.738. The van der Waals surface area contributed by atoms with Gasteiger partial charge in [-0.2, -0.15) is 0 Å². The van der Waals surface area contributed by atoms with Crippen molar-refractivity contribution in [3.63, 3.8) is 0 Å². The number of hydrogen-bond donors (Lipinski definition) is 2. The monoisotopic (exact) mass is 342 g/mol. The van der Waals surface area contributed by atoms with E-state index in [2.05, 4.69) is 31.2 Å². The molecule has 4 nitrogen and oxygen atoms in total. The summed E-state index contributed by atoms with van der Waals surface area (Å²) in [6, 6.07) is 5.58. The van der Waals surface area contributed by atoms with E-state index in [1.54, 1.807) is 6.07 Å². The summed E-state index contributed by atoms with van der Waals surface area (Å²) >= 11 is 3.34. The predicted molar refractivity (Wildman–Crippen MR) is 80.7 cm³/mol. The Bertz CT molecular complexity index is 456. The lowest BCUT2D eigenvalue weighted by Gasteiger charge is -2.50. The molecule has 1 aromatic carbocycles. The van der Waals surface area contributed by atoms with Crippen molar-refractivity contribution in [3.8, 4) is 0 Å². The molecule has 6 heteroatoms. The minimum Gasteiger partial charge on any atom is -0.299 e. The molecule has 0 amide bonds. The van der Waals surface area contributed by atoms with Gasteiger partial charge in [-0.1, -0.05) is 15.9 Å². The number of halogens is 2. The molecule has 3 fully saturated rings. The fourth-order valence-electron chi connectivity index (χ4n) is 3.33. The highest BCUT2D eigenvalue weighted by atomic mass is 79.9. The first kappa shape index (κ1) is 14.4. The highest BCUT2D eigenvalue weighted by molar-refractivity contribution is 9.10. The van der Waals surface area contributed by atoms with Crippen LogP contribution in [0.15, 0.2) is 22.7 Å². The molecule has 0 radical (unpaired) electrons. The molecule has 0 aliphatic carbocycles. The van der Waals surface area contributed by atoms with E-state index >= 15 is 0 Å². The van der Waals surface area contributed by atoms with E-state index in [0.29, 0.717) is 6.04 Å². The summed E-state index contributed by atoms with van der Waals surface area (Å²) in [7, 11) is 0. The van der Waals surface area contributed by atoms with E-state index in [1.165, 1.54) is 6.07 Å². The second-order valence-corrected chi connectivity index (χ2v) is 6.57. The topological polar surface area (TPSA) is 44.5 Å². The lowest BCUT2D eigenvalue weighted by molar-refractivity contribution is -0.00315. The fraction of sp³-hybridized carbons (Fsp3) is 0.571. The second kappa shape index (κ2) is 6.07. The molecule has 2 bridgehead atoms. The van der Waals surface area contributed by atoms with E-state index in [-0.39, 0.29) is 11.9 Å². The summed E-state index contributed by atoms with van der Waals surface area (Å²) in [5, 5.41) is 0. The molecule has 1 aromatic rings. The van der Waals surface area contributed by atoms with Gasteiger partial charge >= 0.3 is 0 Å². The maximum Gasteiger partial charge on any atom is 0.124 e. The van der Waals surface area contributed by atoms with E-state index in [9.17, 15) is 4.39 Å². The van der Waals surface area contributed by atoms with Gasteiger partial charge in [-0.05, 0) is 30.2 Å². The Kier molecular flexibility index (Phi) is 4.37. The van der Waals surface area contributed by atoms with Crippen LogP contribution in [-0.2, 0) is 6.42 Å². The number of nitrogens with one attached hydrogen (secondary N) is 1. The van der Waals surface area contributed by atoms with Gasteiger partial charge in [0, 0.05) is 49.3 Å². The maximum absolute atomic E-state index is 13.5. The molecule has 3 saturated heterocycles. The second-order valence-electron chi connectivity index (χ2n) is 5.66. The summed E-state index contributed by atoms with van der Waals surface area (Å²) < 4.78 is 14.2. The summed E-state index contributed by atoms with van der Waals surface area (Å²) in [6.45, 7) is 5.56. The van der Waals surface area contributed by atoms with E-state index in [4.69, 9.17) is 5.84 Å². The molecule has 0 spiro atoms. The summed E-state index contributed by atoms with van der Waals surface area (Å²) in [4.78, 5) is 4.98. The number of nitrogens with two attached hydrogens (primary N) is 1. The molecule has 3 N–H and O–H groups in total. The molecular formula is C14H20BrFN4. The van der Waals surface area contributed by atoms with Crippen molar-refractivity contribution < 1.29 is 4.39 Å². The zero-order valence-electron chi connectivity index (χ0n) is 11.4. The smallest absolute Gasteiger partial charge is 0.124 e. The molecule has 20 heavy (non-hydrogen) atoms. The lowest BCUT2D eigenvalue weighted by Crippen LogP contribution is -2.67. The molecule has 3 aliphatic heterocycles. The van der Waals surface area contributed by atoms with Crippen LogP contribution in [0.2, 0.25) is 0 Å². The lowest BCUT2D eigenvalue weighted by atomic mass is 9.95. The average molecular weight is 343 g/mol. The van der Waals surface area contributed by atoms with Gasteiger partial charge in [0.1, 0.15) is 5.82 Å². The number of hydrogen-bond acceptors (Lipinski definition) is 4. The zero-order valence-corrected chi connectivity index (χ0v) is 12.9. The predicted octanol–water partition coefficient (Wildman–Crippen LogP) is 0.962. The van der Waals surface area contributed by atoms with Crippen molar-refractivity contribution in [3.05, 3.63) is 34.1 Å². The minimum absolute atomic E-state index is 0.145. The standard InChI is InChI=1S/C14H20BrFN4/c15-11-5-10(6-12(16)8-11)7-13(18-17)14-9-19-1-3-20(14)4-2-19/h5-6,8,13-14,18H,1-4,7,9,17H2. The van der Waals surface area contributed by atoms with Gasteiger partial charge in [0.2, 0.25) is 0 Å². The van der Waals surface area contributed by atoms with E-state index in [1.807, 2.05) is 6.07 Å². The number of hydrazine groups is 1. The van der Waals surface area contributed by atoms with Crippen LogP contribution in [0.1, 0.15) is 5.56 Å². The third-order valence-electron chi connectivity index (χ3n) is 4.38. The van der Waals surface area contributed by atoms with Crippen molar-refractivity contribution in [1.82, 2.24) is 15.2 Å². The van der Waals surface area contributed by atoms with Crippen molar-refractivity contribution in [1.29, 1.82) is 0 Å². The largest absolute Gasteiger partial charge is 0.299 e. The van der Waals surface area contributed by atoms with Gasteiger partial charge in [0.25, 0.3) is 0 Å². The highest BCUT2D eigenvalue weighted by Gasteiger charge is 2.36. The van der Waals surface area contributed by atoms with Gasteiger partial charge < -0.3 is 0 Å². The molecule has 3 heterocycles. The number of rotatable bonds is 4. The molecular weight excluding hydrogens is 323 g/mol. The van der Waals surface area contributed by atoms with Gasteiger partial charge in [-0.25, -0.2) is 4.39 Å². The first-order valence-electron chi connectivity index (χ1n) is 7.03. The SMILES string of the molecule is NNC(Cc1cc(F)cc(Br)c1)C1CN2CCN1CC2. The van der Waals surface area contributed by atoms with Crippen LogP contribution < -0.4 is 11.3 Å². The van der Waals surface area contributed by atoms with Crippen molar-refractivity contribution >= 4 is 15.9 Å². The van der Waals surface area contributed by atoms with Crippen LogP contribution in [0.25, 0.3) is 0 Å². The first-order valence-corrected chi connectivity index (χ1v) is 7.82. The van der Waals surface area contributed by atoms with E-state index < -0.39 is 0 Å². The van der Waals surface area contributed by atoms with Crippen LogP contribution in [0.4, 0.5) is 4.39 Å². The average Bonchev–Trinajstić information content (AvgIpc) is 2.45. The fourth-order valence-corrected chi connectivity index (χ4v) is 3.84. The Morgan fingerprint density at radius 1 is 1.30 bits per heavy atom. The Hall–Kier alpha value is -0.530. The Labute approximate surface area is 127 Å². The van der Waals surface area contributed by atoms with Gasteiger partial charge in [0.15, 0.2) is 0 Å². The normalized spacial score (nSPS) is 30.4. The molecule has 3 aliphatic rings. The highest BCUT2D eigenvalue weighted by Crippen LogP contribution is 2.22. The Morgan fingerprint density at radius 2 is 2.05 bits per heavy atom. The molecule has 2 unspecified atom stereocenters. The molecule has 2 atom stereocenters. The summed E-state index contributed by atoms with van der Waals surface area (Å²) in [5.41, 5.74) is 3.91. The van der Waals surface area contributed by atoms with Gasteiger partial charge in [0.05, 0.1) is 0 Å². The number of benzene rings is 1. The van der Waals surface area contributed by atoms with Crippen LogP contribution in [0.3, 0.4) is 0 Å². The van der Waals surface area contributed by atoms with Crippen LogP contribution in [0.5, 0.6) is 0 Å². The van der Waals surface area contributed by atoms with Crippen molar-refractivity contribution in [2.45, 2.75) is 18.5 Å². The van der Waals surface area contributed by atoms with Gasteiger partial charge in [-0.3, -0.25) is 21.1 Å². The van der Waals surface area contributed by atoms with Crippen LogP contribution in [-0.4, -0.2) is 54.6 Å². The maximum atomic E-state index is 13.5. The molecule has 110 valence electrons. The van der Waals surface area contributed by atoms with E-state index in [0.717, 1.165) is 49.2 Å². The molecule has 0 aromatic heterocycles. The Balaban J connectivity index is 1.73. The van der Waals surface area contributed by atoms with Crippen molar-refractivity contribution in [2.75, 3.05) is 32.7 Å². The molecule has 4 rings (SSSR count). The Morgan fingerprint density at radius 3 is 2.60 bits per heavy atom. The third kappa shape index (κ3) is 3.04.